The average Bonchev–Trinajstić information content (AvgIpc) is 2.81. The molecule has 0 aromatic heterocycles. The Morgan fingerprint density at radius 1 is 0.938 bits per heavy atom. The molecule has 6 atom stereocenters. The number of nitriles is 1. The summed E-state index contributed by atoms with van der Waals surface area (Å²) in [5, 5.41) is 8.98. The summed E-state index contributed by atoms with van der Waals surface area (Å²) in [5.41, 5.74) is 3.90. The second-order valence-corrected chi connectivity index (χ2v) is 5.70. The van der Waals surface area contributed by atoms with Gasteiger partial charge in [-0.1, -0.05) is 18.2 Å². The minimum atomic E-state index is 0.758. The van der Waals surface area contributed by atoms with Gasteiger partial charge in [0.1, 0.15) is 0 Å². The predicted molar refractivity (Wildman–Crippen MR) is 59.7 cm³/mol. The van der Waals surface area contributed by atoms with Crippen LogP contribution in [0, 0.1) is 35.0 Å². The average molecular weight is 205 g/mol. The lowest BCUT2D eigenvalue weighted by atomic mass is 9.76. The van der Waals surface area contributed by atoms with E-state index in [9.17, 15) is 0 Å². The van der Waals surface area contributed by atoms with Crippen molar-refractivity contribution in [3.63, 3.8) is 0 Å². The maximum Gasteiger partial charge on any atom is 0.0991 e. The van der Waals surface area contributed by atoms with Crippen molar-refractivity contribution in [3.05, 3.63) is 47.0 Å². The highest BCUT2D eigenvalue weighted by Crippen LogP contribution is 2.80. The van der Waals surface area contributed by atoms with Crippen molar-refractivity contribution in [1.29, 1.82) is 5.26 Å². The molecule has 0 bridgehead atoms. The van der Waals surface area contributed by atoms with Crippen LogP contribution in [0.25, 0.3) is 0 Å². The fourth-order valence-corrected chi connectivity index (χ4v) is 4.75. The Kier molecular flexibility index (Phi) is 1.01. The molecule has 1 heteroatoms. The van der Waals surface area contributed by atoms with Crippen molar-refractivity contribution >= 4 is 0 Å². The van der Waals surface area contributed by atoms with Crippen molar-refractivity contribution in [2.75, 3.05) is 0 Å². The number of hydrogen-bond acceptors (Lipinski definition) is 1. The monoisotopic (exact) mass is 205 g/mol. The SMILES string of the molecule is N#Cc1ccc2c(c1)[C@@H]1[C@@H]3C=C[C@@H]3[C@@H]3[C@H]2[C@@H]13. The molecule has 1 nitrogen and oxygen atoms in total. The van der Waals surface area contributed by atoms with Crippen molar-refractivity contribution in [3.8, 4) is 6.07 Å². The van der Waals surface area contributed by atoms with Crippen LogP contribution < -0.4 is 0 Å². The molecule has 0 unspecified atom stereocenters. The maximum absolute atomic E-state index is 8.98. The quantitative estimate of drug-likeness (QED) is 0.597. The van der Waals surface area contributed by atoms with Gasteiger partial charge in [-0.2, -0.15) is 5.26 Å². The zero-order chi connectivity index (χ0) is 10.4. The van der Waals surface area contributed by atoms with Crippen LogP contribution in [-0.2, 0) is 0 Å². The summed E-state index contributed by atoms with van der Waals surface area (Å²) in [5.74, 6) is 5.17. The standard InChI is InChI=1S/C15H11N/c16-6-7-1-2-10-11(5-7)12-8-3-4-9(8)13-14(10)15(12)13/h1-5,8-9,12-15H/t8-,9+,12+,13-,14+,15+/m1/s1. The summed E-state index contributed by atoms with van der Waals surface area (Å²) in [6.07, 6.45) is 4.81. The molecule has 4 aliphatic carbocycles. The molecule has 16 heavy (non-hydrogen) atoms. The van der Waals surface area contributed by atoms with Crippen LogP contribution in [0.4, 0.5) is 0 Å². The molecule has 0 saturated heterocycles. The van der Waals surface area contributed by atoms with E-state index < -0.39 is 0 Å². The van der Waals surface area contributed by atoms with Crippen molar-refractivity contribution in [2.24, 2.45) is 23.7 Å². The summed E-state index contributed by atoms with van der Waals surface area (Å²) < 4.78 is 0. The Labute approximate surface area is 94.4 Å². The topological polar surface area (TPSA) is 23.8 Å². The molecular weight excluding hydrogens is 194 g/mol. The second-order valence-electron chi connectivity index (χ2n) is 5.70. The van der Waals surface area contributed by atoms with E-state index >= 15 is 0 Å². The molecule has 2 saturated carbocycles. The summed E-state index contributed by atoms with van der Waals surface area (Å²) >= 11 is 0. The van der Waals surface area contributed by atoms with Crippen LogP contribution >= 0.6 is 0 Å². The Hall–Kier alpha value is -1.55. The van der Waals surface area contributed by atoms with E-state index in [1.807, 2.05) is 6.07 Å². The zero-order valence-electron chi connectivity index (χ0n) is 8.80. The molecule has 4 aliphatic rings. The molecule has 0 radical (unpaired) electrons. The zero-order valence-corrected chi connectivity index (χ0v) is 8.80. The fourth-order valence-electron chi connectivity index (χ4n) is 4.75. The van der Waals surface area contributed by atoms with Crippen LogP contribution in [0.2, 0.25) is 0 Å². The fraction of sp³-hybridized carbons (Fsp3) is 0.400. The number of benzene rings is 1. The first-order valence-corrected chi connectivity index (χ1v) is 6.12. The van der Waals surface area contributed by atoms with E-state index in [1.54, 1.807) is 5.56 Å². The summed E-state index contributed by atoms with van der Waals surface area (Å²) in [6.45, 7) is 0. The van der Waals surface area contributed by atoms with E-state index in [0.29, 0.717) is 0 Å². The maximum atomic E-state index is 8.98. The van der Waals surface area contributed by atoms with Crippen LogP contribution in [0.15, 0.2) is 30.4 Å². The Morgan fingerprint density at radius 3 is 2.56 bits per heavy atom. The molecule has 5 rings (SSSR count). The summed E-state index contributed by atoms with van der Waals surface area (Å²) in [4.78, 5) is 0. The van der Waals surface area contributed by atoms with Crippen molar-refractivity contribution < 1.29 is 0 Å². The first kappa shape index (κ1) is 7.68. The molecule has 0 spiro atoms. The lowest BCUT2D eigenvalue weighted by Crippen LogP contribution is -2.20. The van der Waals surface area contributed by atoms with Crippen LogP contribution in [0.5, 0.6) is 0 Å². The predicted octanol–water partition coefficient (Wildman–Crippen LogP) is 2.80. The highest BCUT2D eigenvalue weighted by Gasteiger charge is 2.71. The molecule has 0 heterocycles. The molecule has 1 aromatic carbocycles. The van der Waals surface area contributed by atoms with E-state index in [1.165, 1.54) is 5.56 Å². The van der Waals surface area contributed by atoms with Gasteiger partial charge >= 0.3 is 0 Å². The third-order valence-corrected chi connectivity index (χ3v) is 5.34. The molecule has 0 N–H and O–H groups in total. The van der Waals surface area contributed by atoms with Gasteiger partial charge in [0, 0.05) is 0 Å². The Balaban J connectivity index is 1.75. The van der Waals surface area contributed by atoms with Gasteiger partial charge in [-0.25, -0.2) is 0 Å². The Bertz CT molecular complexity index is 592. The third kappa shape index (κ3) is 0.593. The summed E-state index contributed by atoms with van der Waals surface area (Å²) in [7, 11) is 0. The van der Waals surface area contributed by atoms with Crippen LogP contribution in [0.1, 0.15) is 28.5 Å². The summed E-state index contributed by atoms with van der Waals surface area (Å²) in [6, 6.07) is 8.63. The lowest BCUT2D eigenvalue weighted by molar-refractivity contribution is 0.398. The number of rotatable bonds is 0. The van der Waals surface area contributed by atoms with Gasteiger partial charge in [0.15, 0.2) is 0 Å². The largest absolute Gasteiger partial charge is 0.192 e. The molecule has 76 valence electrons. The molecule has 0 amide bonds. The van der Waals surface area contributed by atoms with Gasteiger partial charge in [-0.05, 0) is 58.8 Å². The highest BCUT2D eigenvalue weighted by molar-refractivity contribution is 5.56. The Morgan fingerprint density at radius 2 is 1.81 bits per heavy atom. The third-order valence-electron chi connectivity index (χ3n) is 5.34. The van der Waals surface area contributed by atoms with Gasteiger partial charge in [0.2, 0.25) is 0 Å². The molecule has 0 aliphatic heterocycles. The van der Waals surface area contributed by atoms with Crippen LogP contribution in [-0.4, -0.2) is 0 Å². The number of hydrogen-bond donors (Lipinski definition) is 0. The van der Waals surface area contributed by atoms with E-state index in [2.05, 4.69) is 30.4 Å². The molecular formula is C15H11N. The van der Waals surface area contributed by atoms with Gasteiger partial charge in [0.05, 0.1) is 11.6 Å². The normalized spacial score (nSPS) is 47.7. The van der Waals surface area contributed by atoms with Crippen molar-refractivity contribution in [2.45, 2.75) is 11.8 Å². The lowest BCUT2D eigenvalue weighted by Gasteiger charge is -2.28. The molecule has 1 aromatic rings. The first-order valence-electron chi connectivity index (χ1n) is 6.12. The van der Waals surface area contributed by atoms with Gasteiger partial charge in [-0.15, -0.1) is 0 Å². The van der Waals surface area contributed by atoms with E-state index in [0.717, 1.165) is 41.1 Å². The number of allylic oxidation sites excluding steroid dienone is 2. The van der Waals surface area contributed by atoms with Gasteiger partial charge < -0.3 is 0 Å². The molecule has 2 fully saturated rings. The van der Waals surface area contributed by atoms with E-state index in [4.69, 9.17) is 5.26 Å². The minimum Gasteiger partial charge on any atom is -0.192 e. The number of nitrogens with zero attached hydrogens (tertiary/aromatic N) is 1. The second kappa shape index (κ2) is 2.11. The first-order chi connectivity index (χ1) is 7.90. The highest BCUT2D eigenvalue weighted by atomic mass is 14.7. The van der Waals surface area contributed by atoms with E-state index in [-0.39, 0.29) is 0 Å². The van der Waals surface area contributed by atoms with Gasteiger partial charge in [0.25, 0.3) is 0 Å². The van der Waals surface area contributed by atoms with Crippen molar-refractivity contribution in [1.82, 2.24) is 0 Å². The van der Waals surface area contributed by atoms with Gasteiger partial charge in [-0.3, -0.25) is 0 Å². The van der Waals surface area contributed by atoms with Crippen LogP contribution in [0.3, 0.4) is 0 Å². The smallest absolute Gasteiger partial charge is 0.0991 e. The minimum absolute atomic E-state index is 0.758. The number of fused-ring (bicyclic) bond motifs is 7.